The number of aliphatic hydroxyl groups is 1. The predicted molar refractivity (Wildman–Crippen MR) is 67.2 cm³/mol. The molecule has 0 aliphatic rings. The quantitative estimate of drug-likeness (QED) is 0.643. The summed E-state index contributed by atoms with van der Waals surface area (Å²) in [4.78, 5) is 8.48. The Labute approximate surface area is 101 Å². The second-order valence-electron chi connectivity index (χ2n) is 3.88. The van der Waals surface area contributed by atoms with Crippen molar-refractivity contribution in [1.82, 2.24) is 9.97 Å². The van der Waals surface area contributed by atoms with E-state index in [2.05, 4.69) is 15.9 Å². The number of nitrogens with zero attached hydrogens (tertiary/aromatic N) is 2. The summed E-state index contributed by atoms with van der Waals surface area (Å²) in [6.45, 7) is 0. The van der Waals surface area contributed by atoms with Crippen molar-refractivity contribution in [2.75, 3.05) is 0 Å². The first kappa shape index (κ1) is 11.6. The van der Waals surface area contributed by atoms with Crippen LogP contribution in [0, 0.1) is 12.3 Å². The lowest BCUT2D eigenvalue weighted by Gasteiger charge is -2.11. The fraction of sp³-hybridized carbons (Fsp3) is 0.286. The number of para-hydroxylation sites is 1. The Morgan fingerprint density at radius 3 is 2.94 bits per heavy atom. The van der Waals surface area contributed by atoms with Gasteiger partial charge in [-0.05, 0) is 18.9 Å². The molecule has 17 heavy (non-hydrogen) atoms. The summed E-state index contributed by atoms with van der Waals surface area (Å²) >= 11 is 0. The van der Waals surface area contributed by atoms with Gasteiger partial charge < -0.3 is 5.11 Å². The lowest BCUT2D eigenvalue weighted by Crippen LogP contribution is -2.00. The molecule has 0 aliphatic heterocycles. The molecule has 0 saturated carbocycles. The number of hydrogen-bond donors (Lipinski definition) is 1. The van der Waals surface area contributed by atoms with Crippen LogP contribution in [0.2, 0.25) is 0 Å². The van der Waals surface area contributed by atoms with Gasteiger partial charge in [0, 0.05) is 24.4 Å². The highest BCUT2D eigenvalue weighted by molar-refractivity contribution is 5.77. The number of hydrogen-bond acceptors (Lipinski definition) is 3. The summed E-state index contributed by atoms with van der Waals surface area (Å²) in [7, 11) is 0. The molecule has 86 valence electrons. The van der Waals surface area contributed by atoms with Crippen LogP contribution in [-0.2, 0) is 0 Å². The highest BCUT2D eigenvalue weighted by atomic mass is 16.3. The SMILES string of the molecule is C#CCCCC(O)c1cccc2nccnc12. The van der Waals surface area contributed by atoms with Gasteiger partial charge in [-0.2, -0.15) is 0 Å². The molecule has 0 aliphatic carbocycles. The molecular formula is C14H14N2O. The van der Waals surface area contributed by atoms with E-state index in [4.69, 9.17) is 6.42 Å². The van der Waals surface area contributed by atoms with Crippen LogP contribution in [0.15, 0.2) is 30.6 Å². The van der Waals surface area contributed by atoms with E-state index in [1.807, 2.05) is 18.2 Å². The predicted octanol–water partition coefficient (Wildman–Crippen LogP) is 2.47. The molecule has 0 bridgehead atoms. The molecule has 1 atom stereocenters. The molecule has 1 aromatic heterocycles. The monoisotopic (exact) mass is 226 g/mol. The average Bonchev–Trinajstić information content (AvgIpc) is 2.38. The van der Waals surface area contributed by atoms with Crippen molar-refractivity contribution < 1.29 is 5.11 Å². The van der Waals surface area contributed by atoms with Gasteiger partial charge in [0.1, 0.15) is 0 Å². The van der Waals surface area contributed by atoms with E-state index < -0.39 is 6.10 Å². The van der Waals surface area contributed by atoms with Gasteiger partial charge in [-0.1, -0.05) is 12.1 Å². The van der Waals surface area contributed by atoms with Crippen LogP contribution < -0.4 is 0 Å². The first-order valence-corrected chi connectivity index (χ1v) is 5.64. The van der Waals surface area contributed by atoms with Crippen molar-refractivity contribution in [2.24, 2.45) is 0 Å². The zero-order valence-corrected chi connectivity index (χ0v) is 9.50. The molecular weight excluding hydrogens is 212 g/mol. The number of unbranched alkanes of at least 4 members (excludes halogenated alkanes) is 1. The molecule has 0 radical (unpaired) electrons. The Morgan fingerprint density at radius 2 is 2.12 bits per heavy atom. The summed E-state index contributed by atoms with van der Waals surface area (Å²) in [5.41, 5.74) is 2.40. The molecule has 1 unspecified atom stereocenters. The lowest BCUT2D eigenvalue weighted by atomic mass is 10.0. The minimum atomic E-state index is -0.524. The second-order valence-corrected chi connectivity index (χ2v) is 3.88. The van der Waals surface area contributed by atoms with Crippen LogP contribution in [0.3, 0.4) is 0 Å². The summed E-state index contributed by atoms with van der Waals surface area (Å²) < 4.78 is 0. The highest BCUT2D eigenvalue weighted by Gasteiger charge is 2.11. The molecule has 3 nitrogen and oxygen atoms in total. The van der Waals surface area contributed by atoms with E-state index in [-0.39, 0.29) is 0 Å². The molecule has 0 saturated heterocycles. The van der Waals surface area contributed by atoms with Gasteiger partial charge in [0.05, 0.1) is 17.1 Å². The number of aromatic nitrogens is 2. The first-order chi connectivity index (χ1) is 8.33. The third-order valence-corrected chi connectivity index (χ3v) is 2.69. The van der Waals surface area contributed by atoms with Crippen LogP contribution >= 0.6 is 0 Å². The molecule has 1 N–H and O–H groups in total. The molecule has 1 heterocycles. The maximum absolute atomic E-state index is 10.1. The van der Waals surface area contributed by atoms with Crippen molar-refractivity contribution in [2.45, 2.75) is 25.4 Å². The maximum atomic E-state index is 10.1. The van der Waals surface area contributed by atoms with E-state index in [1.165, 1.54) is 0 Å². The van der Waals surface area contributed by atoms with Gasteiger partial charge in [-0.3, -0.25) is 9.97 Å². The zero-order chi connectivity index (χ0) is 12.1. The van der Waals surface area contributed by atoms with Crippen LogP contribution in [0.5, 0.6) is 0 Å². The molecule has 1 aromatic carbocycles. The molecule has 2 aromatic rings. The minimum Gasteiger partial charge on any atom is -0.388 e. The fourth-order valence-electron chi connectivity index (χ4n) is 1.84. The average molecular weight is 226 g/mol. The molecule has 0 fully saturated rings. The van der Waals surface area contributed by atoms with Crippen LogP contribution in [0.1, 0.15) is 30.9 Å². The number of fused-ring (bicyclic) bond motifs is 1. The third kappa shape index (κ3) is 2.61. The lowest BCUT2D eigenvalue weighted by molar-refractivity contribution is 0.166. The summed E-state index contributed by atoms with van der Waals surface area (Å²) in [5, 5.41) is 10.1. The third-order valence-electron chi connectivity index (χ3n) is 2.69. The van der Waals surface area contributed by atoms with Crippen LogP contribution in [0.25, 0.3) is 11.0 Å². The largest absolute Gasteiger partial charge is 0.388 e. The Kier molecular flexibility index (Phi) is 3.69. The van der Waals surface area contributed by atoms with E-state index in [1.54, 1.807) is 12.4 Å². The fourth-order valence-corrected chi connectivity index (χ4v) is 1.84. The van der Waals surface area contributed by atoms with Gasteiger partial charge >= 0.3 is 0 Å². The van der Waals surface area contributed by atoms with Gasteiger partial charge in [0.2, 0.25) is 0 Å². The van der Waals surface area contributed by atoms with Crippen molar-refractivity contribution >= 4 is 11.0 Å². The zero-order valence-electron chi connectivity index (χ0n) is 9.50. The summed E-state index contributed by atoms with van der Waals surface area (Å²) in [6.07, 6.45) is 10.1. The second kappa shape index (κ2) is 5.42. The minimum absolute atomic E-state index is 0.524. The molecule has 3 heteroatoms. The number of rotatable bonds is 4. The number of benzene rings is 1. The Bertz CT molecular complexity index is 540. The van der Waals surface area contributed by atoms with Gasteiger partial charge in [-0.15, -0.1) is 12.3 Å². The summed E-state index contributed by atoms with van der Waals surface area (Å²) in [6, 6.07) is 5.66. The van der Waals surface area contributed by atoms with E-state index >= 15 is 0 Å². The smallest absolute Gasteiger partial charge is 0.0944 e. The van der Waals surface area contributed by atoms with Crippen LogP contribution in [-0.4, -0.2) is 15.1 Å². The topological polar surface area (TPSA) is 46.0 Å². The van der Waals surface area contributed by atoms with Crippen LogP contribution in [0.4, 0.5) is 0 Å². The van der Waals surface area contributed by atoms with Gasteiger partial charge in [0.15, 0.2) is 0 Å². The van der Waals surface area contributed by atoms with Gasteiger partial charge in [-0.25, -0.2) is 0 Å². The number of terminal acetylenes is 1. The van der Waals surface area contributed by atoms with E-state index in [0.717, 1.165) is 23.0 Å². The van der Waals surface area contributed by atoms with E-state index in [9.17, 15) is 5.11 Å². The molecule has 0 spiro atoms. The molecule has 0 amide bonds. The maximum Gasteiger partial charge on any atom is 0.0944 e. The van der Waals surface area contributed by atoms with Crippen molar-refractivity contribution in [3.8, 4) is 12.3 Å². The first-order valence-electron chi connectivity index (χ1n) is 5.64. The highest BCUT2D eigenvalue weighted by Crippen LogP contribution is 2.24. The Morgan fingerprint density at radius 1 is 1.29 bits per heavy atom. The normalized spacial score (nSPS) is 12.2. The Hall–Kier alpha value is -1.92. The standard InChI is InChI=1S/C14H14N2O/c1-2-3-4-8-13(17)11-6-5-7-12-14(11)16-10-9-15-12/h1,5-7,9-10,13,17H,3-4,8H2. The molecule has 2 rings (SSSR count). The van der Waals surface area contributed by atoms with Crippen molar-refractivity contribution in [1.29, 1.82) is 0 Å². The summed E-state index contributed by atoms with van der Waals surface area (Å²) in [5.74, 6) is 2.57. The van der Waals surface area contributed by atoms with Gasteiger partial charge in [0.25, 0.3) is 0 Å². The van der Waals surface area contributed by atoms with Crippen molar-refractivity contribution in [3.63, 3.8) is 0 Å². The Balaban J connectivity index is 2.26. The van der Waals surface area contributed by atoms with Crippen molar-refractivity contribution in [3.05, 3.63) is 36.2 Å². The number of aliphatic hydroxyl groups excluding tert-OH is 1. The van der Waals surface area contributed by atoms with E-state index in [0.29, 0.717) is 12.8 Å².